The second kappa shape index (κ2) is 8.11. The molecule has 0 aliphatic carbocycles. The van der Waals surface area contributed by atoms with Crippen LogP contribution in [0, 0.1) is 0 Å². The van der Waals surface area contributed by atoms with Gasteiger partial charge in [0.1, 0.15) is 0 Å². The van der Waals surface area contributed by atoms with Crippen LogP contribution in [0.25, 0.3) is 0 Å². The normalized spacial score (nSPS) is 21.5. The van der Waals surface area contributed by atoms with Gasteiger partial charge in [-0.2, -0.15) is 20.3 Å². The molecule has 2 heterocycles. The standard InChI is InChI=1S/C11H20N4OS4/c17-10(18)14(12-4-2-1-3-5-12)15(11(19)20)13-6-8-16-9-7-13/h1-9H2,(H,17,18)(H,19,20). The summed E-state index contributed by atoms with van der Waals surface area (Å²) >= 11 is 19.4. The lowest BCUT2D eigenvalue weighted by atomic mass is 10.2. The summed E-state index contributed by atoms with van der Waals surface area (Å²) in [5.74, 6) is 0. The molecule has 0 aromatic carbocycles. The van der Waals surface area contributed by atoms with E-state index in [9.17, 15) is 0 Å². The van der Waals surface area contributed by atoms with E-state index >= 15 is 0 Å². The SMILES string of the molecule is S=C(S)N(N1CCCCC1)N(C(=S)S)N1CCOCC1. The van der Waals surface area contributed by atoms with Crippen molar-refractivity contribution in [2.75, 3.05) is 39.4 Å². The average Bonchev–Trinajstić information content (AvgIpc) is 2.45. The van der Waals surface area contributed by atoms with Crippen molar-refractivity contribution >= 4 is 58.3 Å². The first-order valence-corrected chi connectivity index (χ1v) is 8.46. The third-order valence-electron chi connectivity index (χ3n) is 3.38. The van der Waals surface area contributed by atoms with E-state index < -0.39 is 0 Å². The first kappa shape index (κ1) is 16.7. The van der Waals surface area contributed by atoms with Crippen LogP contribution >= 0.6 is 49.7 Å². The molecule has 0 amide bonds. The molecule has 9 heteroatoms. The minimum atomic E-state index is 0.467. The van der Waals surface area contributed by atoms with E-state index in [4.69, 9.17) is 29.2 Å². The fourth-order valence-electron chi connectivity index (χ4n) is 2.45. The molecule has 114 valence electrons. The predicted octanol–water partition coefficient (Wildman–Crippen LogP) is 1.58. The number of piperidine rings is 1. The van der Waals surface area contributed by atoms with E-state index in [1.807, 2.05) is 10.2 Å². The van der Waals surface area contributed by atoms with Gasteiger partial charge in [-0.15, -0.1) is 25.3 Å². The summed E-state index contributed by atoms with van der Waals surface area (Å²) in [5, 5.41) is 8.02. The maximum absolute atomic E-state index is 5.39. The number of hydrogen-bond acceptors (Lipinski definition) is 5. The Bertz CT molecular complexity index is 324. The summed E-state index contributed by atoms with van der Waals surface area (Å²) in [5.41, 5.74) is 0. The Morgan fingerprint density at radius 1 is 0.800 bits per heavy atom. The molecule has 0 N–H and O–H groups in total. The van der Waals surface area contributed by atoms with E-state index in [0.29, 0.717) is 21.9 Å². The summed E-state index contributed by atoms with van der Waals surface area (Å²) in [4.78, 5) is 0. The second-order valence-electron chi connectivity index (χ2n) is 4.72. The molecule has 0 spiro atoms. The predicted molar refractivity (Wildman–Crippen MR) is 94.7 cm³/mol. The van der Waals surface area contributed by atoms with Crippen LogP contribution < -0.4 is 0 Å². The lowest BCUT2D eigenvalue weighted by Gasteiger charge is -2.48. The maximum Gasteiger partial charge on any atom is 0.171 e. The van der Waals surface area contributed by atoms with Crippen LogP contribution in [0.2, 0.25) is 0 Å². The van der Waals surface area contributed by atoms with Crippen molar-refractivity contribution in [3.8, 4) is 0 Å². The fourth-order valence-corrected chi connectivity index (χ4v) is 3.26. The number of hydrazine groups is 3. The average molecular weight is 353 g/mol. The van der Waals surface area contributed by atoms with Crippen molar-refractivity contribution in [1.29, 1.82) is 0 Å². The van der Waals surface area contributed by atoms with E-state index in [2.05, 4.69) is 35.3 Å². The molecule has 0 radical (unpaired) electrons. The highest BCUT2D eigenvalue weighted by atomic mass is 32.1. The van der Waals surface area contributed by atoms with Crippen molar-refractivity contribution in [2.24, 2.45) is 0 Å². The fraction of sp³-hybridized carbons (Fsp3) is 0.818. The van der Waals surface area contributed by atoms with Crippen LogP contribution in [0.5, 0.6) is 0 Å². The molecule has 0 aromatic heterocycles. The van der Waals surface area contributed by atoms with Crippen molar-refractivity contribution in [3.63, 3.8) is 0 Å². The molecule has 2 aliphatic rings. The number of rotatable bonds is 2. The van der Waals surface area contributed by atoms with Gasteiger partial charge in [0.15, 0.2) is 8.64 Å². The molecule has 20 heavy (non-hydrogen) atoms. The van der Waals surface area contributed by atoms with Gasteiger partial charge in [-0.05, 0) is 37.3 Å². The van der Waals surface area contributed by atoms with Gasteiger partial charge in [0, 0.05) is 26.2 Å². The maximum atomic E-state index is 5.39. The zero-order valence-corrected chi connectivity index (χ0v) is 14.7. The van der Waals surface area contributed by atoms with E-state index in [1.54, 1.807) is 0 Å². The molecule has 0 atom stereocenters. The molecule has 2 fully saturated rings. The molecule has 2 saturated heterocycles. The zero-order valence-electron chi connectivity index (χ0n) is 11.3. The Kier molecular flexibility index (Phi) is 6.79. The largest absolute Gasteiger partial charge is 0.379 e. The molecular formula is C11H20N4OS4. The molecule has 0 aromatic rings. The van der Waals surface area contributed by atoms with E-state index in [-0.39, 0.29) is 0 Å². The van der Waals surface area contributed by atoms with Crippen LogP contribution in [-0.4, -0.2) is 68.3 Å². The highest BCUT2D eigenvalue weighted by Crippen LogP contribution is 2.20. The smallest absolute Gasteiger partial charge is 0.171 e. The third kappa shape index (κ3) is 4.19. The third-order valence-corrected chi connectivity index (χ3v) is 4.06. The first-order chi connectivity index (χ1) is 9.61. The molecule has 2 rings (SSSR count). The zero-order chi connectivity index (χ0) is 14.5. The quantitative estimate of drug-likeness (QED) is 0.442. The van der Waals surface area contributed by atoms with Gasteiger partial charge in [-0.1, -0.05) is 6.42 Å². The number of thiocarbonyl (C=S) groups is 2. The van der Waals surface area contributed by atoms with E-state index in [0.717, 1.165) is 39.0 Å². The van der Waals surface area contributed by atoms with Gasteiger partial charge in [0.05, 0.1) is 13.2 Å². The minimum absolute atomic E-state index is 0.467. The highest BCUT2D eigenvalue weighted by Gasteiger charge is 2.31. The Morgan fingerprint density at radius 3 is 1.70 bits per heavy atom. The first-order valence-electron chi connectivity index (χ1n) is 6.74. The topological polar surface area (TPSA) is 22.2 Å². The highest BCUT2D eigenvalue weighted by molar-refractivity contribution is 8.11. The molecular weight excluding hydrogens is 332 g/mol. The van der Waals surface area contributed by atoms with Gasteiger partial charge in [0.2, 0.25) is 0 Å². The Morgan fingerprint density at radius 2 is 1.25 bits per heavy atom. The summed E-state index contributed by atoms with van der Waals surface area (Å²) in [6.45, 7) is 4.80. The van der Waals surface area contributed by atoms with E-state index in [1.165, 1.54) is 6.42 Å². The van der Waals surface area contributed by atoms with Crippen LogP contribution in [0.3, 0.4) is 0 Å². The van der Waals surface area contributed by atoms with Crippen molar-refractivity contribution in [2.45, 2.75) is 19.3 Å². The lowest BCUT2D eigenvalue weighted by molar-refractivity contribution is -0.202. The molecule has 0 unspecified atom stereocenters. The minimum Gasteiger partial charge on any atom is -0.379 e. The molecule has 0 saturated carbocycles. The number of nitrogens with zero attached hydrogens (tertiary/aromatic N) is 4. The van der Waals surface area contributed by atoms with Gasteiger partial charge in [0.25, 0.3) is 0 Å². The number of hydrogen-bond donors (Lipinski definition) is 2. The van der Waals surface area contributed by atoms with Crippen molar-refractivity contribution in [1.82, 2.24) is 20.3 Å². The Labute approximate surface area is 141 Å². The van der Waals surface area contributed by atoms with Gasteiger partial charge < -0.3 is 4.74 Å². The van der Waals surface area contributed by atoms with Crippen LogP contribution in [0.4, 0.5) is 0 Å². The summed E-state index contributed by atoms with van der Waals surface area (Å²) < 4.78 is 6.34. The van der Waals surface area contributed by atoms with Crippen molar-refractivity contribution in [3.05, 3.63) is 0 Å². The van der Waals surface area contributed by atoms with Gasteiger partial charge in [-0.3, -0.25) is 0 Å². The van der Waals surface area contributed by atoms with Gasteiger partial charge >= 0.3 is 0 Å². The lowest BCUT2D eigenvalue weighted by Crippen LogP contribution is -2.64. The molecule has 5 nitrogen and oxygen atoms in total. The Balaban J connectivity index is 2.17. The summed E-state index contributed by atoms with van der Waals surface area (Å²) in [6.07, 6.45) is 3.57. The van der Waals surface area contributed by atoms with Crippen LogP contribution in [0.1, 0.15) is 19.3 Å². The molecule has 0 bridgehead atoms. The van der Waals surface area contributed by atoms with Crippen LogP contribution in [-0.2, 0) is 4.74 Å². The summed E-state index contributed by atoms with van der Waals surface area (Å²) in [7, 11) is 0. The summed E-state index contributed by atoms with van der Waals surface area (Å²) in [6, 6.07) is 0. The Hall–Kier alpha value is 0.360. The monoisotopic (exact) mass is 352 g/mol. The second-order valence-corrected chi connectivity index (χ2v) is 6.95. The molecule has 2 aliphatic heterocycles. The van der Waals surface area contributed by atoms with Crippen LogP contribution in [0.15, 0.2) is 0 Å². The van der Waals surface area contributed by atoms with Crippen molar-refractivity contribution < 1.29 is 4.74 Å². The van der Waals surface area contributed by atoms with Gasteiger partial charge in [-0.25, -0.2) is 0 Å². The number of thiol groups is 2. The number of ether oxygens (including phenoxy) is 1. The number of morpholine rings is 1.